The fourth-order valence-electron chi connectivity index (χ4n) is 2.63. The van der Waals surface area contributed by atoms with E-state index < -0.39 is 30.3 Å². The molecule has 8 nitrogen and oxygen atoms in total. The van der Waals surface area contributed by atoms with Crippen molar-refractivity contribution in [2.45, 2.75) is 18.3 Å². The normalized spacial score (nSPS) is 18.0. The number of nitrogens with zero attached hydrogens (tertiary/aromatic N) is 1. The molecule has 2 heterocycles. The number of aromatic nitrogens is 1. The zero-order chi connectivity index (χ0) is 18.7. The van der Waals surface area contributed by atoms with Crippen molar-refractivity contribution in [1.82, 2.24) is 4.98 Å². The fourth-order valence-corrected chi connectivity index (χ4v) is 2.80. The van der Waals surface area contributed by atoms with Gasteiger partial charge >= 0.3 is 11.9 Å². The molecule has 9 heteroatoms. The summed E-state index contributed by atoms with van der Waals surface area (Å²) >= 11 is 5.95. The van der Waals surface area contributed by atoms with Crippen LogP contribution in [0.25, 0.3) is 10.9 Å². The standard InChI is InChI=1S/C17H16ClNO7/c18-11-3-1-10-2-4-12(19-13(10)7-11)8-17(15(20)21,16(22)23)26-14-9-24-5-6-25-14/h1-4,7,14H,5-6,8-9H2,(H,20,21)(H,22,23). The molecule has 2 N–H and O–H groups in total. The van der Waals surface area contributed by atoms with Crippen LogP contribution in [0.2, 0.25) is 5.02 Å². The van der Waals surface area contributed by atoms with Gasteiger partial charge in [0.2, 0.25) is 0 Å². The molecular formula is C17H16ClNO7. The van der Waals surface area contributed by atoms with Crippen LogP contribution < -0.4 is 0 Å². The van der Waals surface area contributed by atoms with E-state index >= 15 is 0 Å². The summed E-state index contributed by atoms with van der Waals surface area (Å²) in [4.78, 5) is 27.9. The average Bonchev–Trinajstić information content (AvgIpc) is 2.61. The second kappa shape index (κ2) is 7.55. The number of pyridine rings is 1. The van der Waals surface area contributed by atoms with Crippen molar-refractivity contribution >= 4 is 34.4 Å². The maximum atomic E-state index is 11.8. The SMILES string of the molecule is O=C(O)C(Cc1ccc2ccc(Cl)cc2n1)(OC1COCCO1)C(=O)O. The second-order valence-corrected chi connectivity index (χ2v) is 6.18. The first-order valence-corrected chi connectivity index (χ1v) is 8.18. The second-order valence-electron chi connectivity index (χ2n) is 5.75. The molecule has 1 atom stereocenters. The van der Waals surface area contributed by atoms with Gasteiger partial charge in [-0.2, -0.15) is 0 Å². The molecule has 1 aromatic carbocycles. The maximum Gasteiger partial charge on any atom is 0.348 e. The van der Waals surface area contributed by atoms with Crippen molar-refractivity contribution in [3.63, 3.8) is 0 Å². The minimum atomic E-state index is -2.55. The first-order valence-electron chi connectivity index (χ1n) is 7.80. The van der Waals surface area contributed by atoms with Gasteiger partial charge in [0.05, 0.1) is 25.3 Å². The minimum absolute atomic E-state index is 0.0525. The summed E-state index contributed by atoms with van der Waals surface area (Å²) in [6, 6.07) is 8.34. The van der Waals surface area contributed by atoms with Gasteiger partial charge in [0.15, 0.2) is 6.29 Å². The summed E-state index contributed by atoms with van der Waals surface area (Å²) in [6.45, 7) is 0.468. The highest BCUT2D eigenvalue weighted by Crippen LogP contribution is 2.25. The Kier molecular flexibility index (Phi) is 5.38. The first kappa shape index (κ1) is 18.5. The highest BCUT2D eigenvalue weighted by Gasteiger charge is 2.51. The van der Waals surface area contributed by atoms with Gasteiger partial charge in [0.25, 0.3) is 5.60 Å². The first-order chi connectivity index (χ1) is 12.4. The van der Waals surface area contributed by atoms with Crippen molar-refractivity contribution in [1.29, 1.82) is 0 Å². The van der Waals surface area contributed by atoms with E-state index in [4.69, 9.17) is 25.8 Å². The molecule has 138 valence electrons. The third kappa shape index (κ3) is 3.78. The molecule has 1 unspecified atom stereocenters. The number of aliphatic carboxylic acids is 2. The van der Waals surface area contributed by atoms with Gasteiger partial charge in [0.1, 0.15) is 0 Å². The molecular weight excluding hydrogens is 366 g/mol. The van der Waals surface area contributed by atoms with Gasteiger partial charge in [-0.1, -0.05) is 23.7 Å². The number of rotatable bonds is 6. The summed E-state index contributed by atoms with van der Waals surface area (Å²) in [6.07, 6.45) is -1.58. The predicted molar refractivity (Wildman–Crippen MR) is 90.1 cm³/mol. The number of hydrogen-bond donors (Lipinski definition) is 2. The molecule has 0 saturated carbocycles. The Morgan fingerprint density at radius 2 is 1.96 bits per heavy atom. The monoisotopic (exact) mass is 381 g/mol. The number of carboxylic acid groups (broad SMARTS) is 2. The van der Waals surface area contributed by atoms with Crippen LogP contribution >= 0.6 is 11.6 Å². The van der Waals surface area contributed by atoms with E-state index in [1.807, 2.05) is 0 Å². The quantitative estimate of drug-likeness (QED) is 0.727. The Labute approximate surface area is 153 Å². The van der Waals surface area contributed by atoms with Crippen molar-refractivity contribution in [2.75, 3.05) is 19.8 Å². The molecule has 0 spiro atoms. The third-order valence-corrected chi connectivity index (χ3v) is 4.19. The van der Waals surface area contributed by atoms with E-state index in [2.05, 4.69) is 4.98 Å². The zero-order valence-corrected chi connectivity index (χ0v) is 14.3. The van der Waals surface area contributed by atoms with Crippen molar-refractivity contribution in [3.05, 3.63) is 41.0 Å². The number of ether oxygens (including phenoxy) is 3. The molecule has 1 aliphatic heterocycles. The Hall–Kier alpha value is -2.26. The minimum Gasteiger partial charge on any atom is -0.479 e. The number of carbonyl (C=O) groups is 2. The van der Waals surface area contributed by atoms with Gasteiger partial charge in [-0.25, -0.2) is 9.59 Å². The van der Waals surface area contributed by atoms with E-state index in [-0.39, 0.29) is 18.9 Å². The van der Waals surface area contributed by atoms with Crippen molar-refractivity contribution < 1.29 is 34.0 Å². The number of benzene rings is 1. The molecule has 26 heavy (non-hydrogen) atoms. The number of carboxylic acids is 2. The summed E-state index contributed by atoms with van der Waals surface area (Å²) in [5, 5.41) is 20.4. The highest BCUT2D eigenvalue weighted by atomic mass is 35.5. The largest absolute Gasteiger partial charge is 0.479 e. The Bertz CT molecular complexity index is 821. The Balaban J connectivity index is 1.94. The van der Waals surface area contributed by atoms with E-state index in [0.717, 1.165) is 5.39 Å². The van der Waals surface area contributed by atoms with E-state index in [1.54, 1.807) is 30.3 Å². The third-order valence-electron chi connectivity index (χ3n) is 3.95. The lowest BCUT2D eigenvalue weighted by molar-refractivity contribution is -0.259. The van der Waals surface area contributed by atoms with Crippen LogP contribution in [-0.2, 0) is 30.2 Å². The maximum absolute atomic E-state index is 11.8. The molecule has 0 radical (unpaired) electrons. The van der Waals surface area contributed by atoms with Crippen molar-refractivity contribution in [3.8, 4) is 0 Å². The molecule has 1 saturated heterocycles. The average molecular weight is 382 g/mol. The van der Waals surface area contributed by atoms with Crippen LogP contribution in [0.5, 0.6) is 0 Å². The molecule has 0 aliphatic carbocycles. The predicted octanol–water partition coefficient (Wildman–Crippen LogP) is 1.73. The van der Waals surface area contributed by atoms with Crippen LogP contribution in [-0.4, -0.2) is 58.8 Å². The molecule has 0 amide bonds. The van der Waals surface area contributed by atoms with Gasteiger partial charge in [-0.05, 0) is 18.2 Å². The van der Waals surface area contributed by atoms with E-state index in [1.165, 1.54) is 0 Å². The van der Waals surface area contributed by atoms with Crippen LogP contribution in [0.15, 0.2) is 30.3 Å². The smallest absolute Gasteiger partial charge is 0.348 e. The lowest BCUT2D eigenvalue weighted by Crippen LogP contribution is -2.54. The molecule has 0 bridgehead atoms. The summed E-state index contributed by atoms with van der Waals surface area (Å²) in [5.74, 6) is -3.29. The summed E-state index contributed by atoms with van der Waals surface area (Å²) < 4.78 is 15.7. The van der Waals surface area contributed by atoms with Crippen molar-refractivity contribution in [2.24, 2.45) is 0 Å². The molecule has 2 aromatic rings. The van der Waals surface area contributed by atoms with Gasteiger partial charge in [-0.3, -0.25) is 4.98 Å². The molecule has 3 rings (SSSR count). The zero-order valence-electron chi connectivity index (χ0n) is 13.6. The summed E-state index contributed by atoms with van der Waals surface area (Å²) in [7, 11) is 0. The Morgan fingerprint density at radius 3 is 2.62 bits per heavy atom. The number of hydrogen-bond acceptors (Lipinski definition) is 6. The Morgan fingerprint density at radius 1 is 1.23 bits per heavy atom. The van der Waals surface area contributed by atoms with Gasteiger partial charge < -0.3 is 24.4 Å². The molecule has 1 fully saturated rings. The highest BCUT2D eigenvalue weighted by molar-refractivity contribution is 6.31. The van der Waals surface area contributed by atoms with Crippen LogP contribution in [0.3, 0.4) is 0 Å². The van der Waals surface area contributed by atoms with E-state index in [0.29, 0.717) is 17.1 Å². The number of halogens is 1. The summed E-state index contributed by atoms with van der Waals surface area (Å²) in [5.41, 5.74) is -1.79. The van der Waals surface area contributed by atoms with Gasteiger partial charge in [0, 0.05) is 22.5 Å². The topological polar surface area (TPSA) is 115 Å². The van der Waals surface area contributed by atoms with Crippen LogP contribution in [0.4, 0.5) is 0 Å². The van der Waals surface area contributed by atoms with E-state index in [9.17, 15) is 19.8 Å². The molecule has 1 aromatic heterocycles. The van der Waals surface area contributed by atoms with Gasteiger partial charge in [-0.15, -0.1) is 0 Å². The van der Waals surface area contributed by atoms with Crippen LogP contribution in [0, 0.1) is 0 Å². The number of fused-ring (bicyclic) bond motifs is 1. The lowest BCUT2D eigenvalue weighted by Gasteiger charge is -2.31. The lowest BCUT2D eigenvalue weighted by atomic mass is 9.96. The molecule has 1 aliphatic rings. The van der Waals surface area contributed by atoms with Crippen LogP contribution in [0.1, 0.15) is 5.69 Å². The fraction of sp³-hybridized carbons (Fsp3) is 0.353.